The topological polar surface area (TPSA) is 81.7 Å². The van der Waals surface area contributed by atoms with Crippen molar-refractivity contribution in [2.75, 3.05) is 6.61 Å². The summed E-state index contributed by atoms with van der Waals surface area (Å²) in [6.07, 6.45) is 0.750. The largest absolute Gasteiger partial charge is 0.460 e. The van der Waals surface area contributed by atoms with Crippen LogP contribution in [-0.4, -0.2) is 32.6 Å². The molecule has 1 N–H and O–H groups in total. The zero-order valence-corrected chi connectivity index (χ0v) is 20.4. The van der Waals surface area contributed by atoms with Crippen molar-refractivity contribution in [1.29, 1.82) is 0 Å². The normalized spacial score (nSPS) is 14.0. The van der Waals surface area contributed by atoms with Gasteiger partial charge in [-0.15, -0.1) is 0 Å². The molecule has 0 aliphatic rings. The van der Waals surface area contributed by atoms with Crippen LogP contribution in [0.25, 0.3) is 0 Å². The first-order valence-corrected chi connectivity index (χ1v) is 12.4. The SMILES string of the molecule is Cc1ccc(S(=O)(=O)NC(CCOCc2ccccc2)CC(C)C(=O)OC(C)(C)C)cc1. The second-order valence-corrected chi connectivity index (χ2v) is 10.8. The molecule has 0 spiro atoms. The molecule has 2 aromatic carbocycles. The van der Waals surface area contributed by atoms with Crippen molar-refractivity contribution in [2.24, 2.45) is 5.92 Å². The van der Waals surface area contributed by atoms with Gasteiger partial charge in [-0.3, -0.25) is 4.79 Å². The van der Waals surface area contributed by atoms with E-state index in [0.717, 1.165) is 11.1 Å². The van der Waals surface area contributed by atoms with Crippen LogP contribution in [0.1, 0.15) is 51.7 Å². The van der Waals surface area contributed by atoms with E-state index in [1.807, 2.05) is 58.0 Å². The van der Waals surface area contributed by atoms with Gasteiger partial charge in [-0.2, -0.15) is 0 Å². The van der Waals surface area contributed by atoms with Crippen molar-refractivity contribution < 1.29 is 22.7 Å². The maximum atomic E-state index is 12.9. The van der Waals surface area contributed by atoms with E-state index >= 15 is 0 Å². The third kappa shape index (κ3) is 9.10. The monoisotopic (exact) mass is 461 g/mol. The molecule has 7 heteroatoms. The van der Waals surface area contributed by atoms with Gasteiger partial charge in [-0.25, -0.2) is 13.1 Å². The lowest BCUT2D eigenvalue weighted by atomic mass is 10.00. The summed E-state index contributed by atoms with van der Waals surface area (Å²) in [6, 6.07) is 16.0. The predicted molar refractivity (Wildman–Crippen MR) is 126 cm³/mol. The van der Waals surface area contributed by atoms with E-state index in [2.05, 4.69) is 4.72 Å². The maximum absolute atomic E-state index is 12.9. The van der Waals surface area contributed by atoms with Crippen LogP contribution in [0.4, 0.5) is 0 Å². The molecule has 0 saturated carbocycles. The lowest BCUT2D eigenvalue weighted by Gasteiger charge is -2.25. The number of aryl methyl sites for hydroxylation is 1. The smallest absolute Gasteiger partial charge is 0.309 e. The minimum atomic E-state index is -3.73. The van der Waals surface area contributed by atoms with Gasteiger partial charge in [0.25, 0.3) is 0 Å². The summed E-state index contributed by atoms with van der Waals surface area (Å²) in [4.78, 5) is 12.6. The molecular weight excluding hydrogens is 426 g/mol. The maximum Gasteiger partial charge on any atom is 0.309 e. The van der Waals surface area contributed by atoms with Gasteiger partial charge < -0.3 is 9.47 Å². The van der Waals surface area contributed by atoms with Crippen molar-refractivity contribution in [1.82, 2.24) is 4.72 Å². The van der Waals surface area contributed by atoms with E-state index in [0.29, 0.717) is 26.1 Å². The van der Waals surface area contributed by atoms with Crippen LogP contribution in [0.15, 0.2) is 59.5 Å². The van der Waals surface area contributed by atoms with Crippen LogP contribution in [0.3, 0.4) is 0 Å². The highest BCUT2D eigenvalue weighted by Crippen LogP contribution is 2.19. The van der Waals surface area contributed by atoms with Crippen molar-refractivity contribution in [2.45, 2.75) is 70.6 Å². The highest BCUT2D eigenvalue weighted by Gasteiger charge is 2.27. The Morgan fingerprint density at radius 2 is 1.66 bits per heavy atom. The highest BCUT2D eigenvalue weighted by molar-refractivity contribution is 7.89. The summed E-state index contributed by atoms with van der Waals surface area (Å²) < 4.78 is 39.8. The quantitative estimate of drug-likeness (QED) is 0.390. The van der Waals surface area contributed by atoms with Gasteiger partial charge >= 0.3 is 5.97 Å². The number of esters is 1. The molecule has 2 unspecified atom stereocenters. The lowest BCUT2D eigenvalue weighted by molar-refractivity contribution is -0.159. The Bertz CT molecular complexity index is 950. The van der Waals surface area contributed by atoms with Crippen LogP contribution in [0.2, 0.25) is 0 Å². The highest BCUT2D eigenvalue weighted by atomic mass is 32.2. The fraction of sp³-hybridized carbons (Fsp3) is 0.480. The fourth-order valence-corrected chi connectivity index (χ4v) is 4.43. The van der Waals surface area contributed by atoms with Gasteiger partial charge in [0, 0.05) is 12.6 Å². The Morgan fingerprint density at radius 1 is 1.03 bits per heavy atom. The van der Waals surface area contributed by atoms with Crippen LogP contribution >= 0.6 is 0 Å². The number of carbonyl (C=O) groups is 1. The first-order chi connectivity index (χ1) is 15.0. The van der Waals surface area contributed by atoms with Crippen LogP contribution in [0.5, 0.6) is 0 Å². The van der Waals surface area contributed by atoms with E-state index in [-0.39, 0.29) is 10.9 Å². The second-order valence-electron chi connectivity index (χ2n) is 9.13. The molecule has 0 bridgehead atoms. The molecule has 0 saturated heterocycles. The average Bonchev–Trinajstić information content (AvgIpc) is 2.70. The molecule has 176 valence electrons. The Kier molecular flexibility index (Phi) is 9.43. The Hall–Kier alpha value is -2.22. The third-order valence-corrected chi connectivity index (χ3v) is 6.36. The number of sulfonamides is 1. The lowest BCUT2D eigenvalue weighted by Crippen LogP contribution is -2.39. The van der Waals surface area contributed by atoms with E-state index in [1.165, 1.54) is 0 Å². The fourth-order valence-electron chi connectivity index (χ4n) is 3.14. The summed E-state index contributed by atoms with van der Waals surface area (Å²) in [5.74, 6) is -0.809. The molecule has 0 heterocycles. The van der Waals surface area contributed by atoms with E-state index < -0.39 is 27.6 Å². The zero-order valence-electron chi connectivity index (χ0n) is 19.6. The van der Waals surface area contributed by atoms with Gasteiger partial charge in [0.2, 0.25) is 10.0 Å². The van der Waals surface area contributed by atoms with Gasteiger partial charge in [-0.05, 0) is 58.2 Å². The van der Waals surface area contributed by atoms with Crippen LogP contribution in [0, 0.1) is 12.8 Å². The van der Waals surface area contributed by atoms with E-state index in [1.54, 1.807) is 31.2 Å². The number of benzene rings is 2. The molecule has 2 atom stereocenters. The molecule has 0 radical (unpaired) electrons. The molecule has 2 rings (SSSR count). The standard InChI is InChI=1S/C25H35NO5S/c1-19-11-13-23(14-12-19)32(28,29)26-22(17-20(2)24(27)31-25(3,4)5)15-16-30-18-21-9-7-6-8-10-21/h6-14,20,22,26H,15-18H2,1-5H3. The van der Waals surface area contributed by atoms with Crippen molar-refractivity contribution >= 4 is 16.0 Å². The zero-order chi connectivity index (χ0) is 23.8. The third-order valence-electron chi connectivity index (χ3n) is 4.82. The number of carbonyl (C=O) groups excluding carboxylic acids is 1. The number of ether oxygens (including phenoxy) is 2. The molecule has 0 aliphatic heterocycles. The summed E-state index contributed by atoms with van der Waals surface area (Å²) in [5, 5.41) is 0. The second kappa shape index (κ2) is 11.6. The molecule has 2 aromatic rings. The molecular formula is C25H35NO5S. The van der Waals surface area contributed by atoms with Crippen molar-refractivity contribution in [3.8, 4) is 0 Å². The molecule has 0 fully saturated rings. The Morgan fingerprint density at radius 3 is 2.25 bits per heavy atom. The van der Waals surface area contributed by atoms with Gasteiger partial charge in [0.15, 0.2) is 0 Å². The number of hydrogen-bond donors (Lipinski definition) is 1. The van der Waals surface area contributed by atoms with E-state index in [9.17, 15) is 13.2 Å². The van der Waals surface area contributed by atoms with Crippen molar-refractivity contribution in [3.63, 3.8) is 0 Å². The number of rotatable bonds is 11. The molecule has 6 nitrogen and oxygen atoms in total. The summed E-state index contributed by atoms with van der Waals surface area (Å²) >= 11 is 0. The van der Waals surface area contributed by atoms with E-state index in [4.69, 9.17) is 9.47 Å². The van der Waals surface area contributed by atoms with Gasteiger partial charge in [0.05, 0.1) is 17.4 Å². The Labute approximate surface area is 192 Å². The summed E-state index contributed by atoms with van der Waals surface area (Å²) in [7, 11) is -3.73. The Balaban J connectivity index is 2.05. The van der Waals surface area contributed by atoms with Crippen LogP contribution < -0.4 is 4.72 Å². The molecule has 32 heavy (non-hydrogen) atoms. The van der Waals surface area contributed by atoms with Gasteiger partial charge in [-0.1, -0.05) is 55.0 Å². The van der Waals surface area contributed by atoms with Gasteiger partial charge in [0.1, 0.15) is 5.60 Å². The number of nitrogens with one attached hydrogen (secondary N) is 1. The summed E-state index contributed by atoms with van der Waals surface area (Å²) in [6.45, 7) is 9.90. The minimum absolute atomic E-state index is 0.197. The average molecular weight is 462 g/mol. The minimum Gasteiger partial charge on any atom is -0.460 e. The number of hydrogen-bond acceptors (Lipinski definition) is 5. The molecule has 0 aromatic heterocycles. The first kappa shape index (κ1) is 26.0. The summed E-state index contributed by atoms with van der Waals surface area (Å²) in [5.41, 5.74) is 1.43. The first-order valence-electron chi connectivity index (χ1n) is 10.9. The van der Waals surface area contributed by atoms with Crippen molar-refractivity contribution in [3.05, 3.63) is 65.7 Å². The van der Waals surface area contributed by atoms with Crippen LogP contribution in [-0.2, 0) is 30.9 Å². The molecule has 0 aliphatic carbocycles. The predicted octanol–water partition coefficient (Wildman–Crippen LogP) is 4.62. The molecule has 0 amide bonds.